The van der Waals surface area contributed by atoms with Gasteiger partial charge in [-0.2, -0.15) is 0 Å². The first-order chi connectivity index (χ1) is 10.7. The summed E-state index contributed by atoms with van der Waals surface area (Å²) in [6, 6.07) is 7.77. The molecule has 1 fully saturated rings. The molecule has 1 aliphatic rings. The summed E-state index contributed by atoms with van der Waals surface area (Å²) in [6.07, 6.45) is 0. The maximum absolute atomic E-state index is 12.2. The van der Waals surface area contributed by atoms with Crippen LogP contribution < -0.4 is 5.32 Å². The van der Waals surface area contributed by atoms with Gasteiger partial charge in [-0.3, -0.25) is 9.69 Å². The number of rotatable bonds is 7. The molecule has 5 heteroatoms. The molecule has 1 N–H and O–H groups in total. The second kappa shape index (κ2) is 8.76. The molecule has 0 aromatic heterocycles. The van der Waals surface area contributed by atoms with Gasteiger partial charge in [0.2, 0.25) is 0 Å². The third kappa shape index (κ3) is 4.71. The van der Waals surface area contributed by atoms with E-state index in [-0.39, 0.29) is 5.91 Å². The number of ether oxygens (including phenoxy) is 1. The van der Waals surface area contributed by atoms with Crippen LogP contribution in [0.5, 0.6) is 0 Å². The van der Waals surface area contributed by atoms with Crippen molar-refractivity contribution in [1.29, 1.82) is 0 Å². The van der Waals surface area contributed by atoms with Crippen LogP contribution in [0.1, 0.15) is 24.2 Å². The SMILES string of the molecule is CCN(CC)C(=O)c1ccc(NCCN2CCOCC2)cc1. The first-order valence-corrected chi connectivity index (χ1v) is 8.18. The summed E-state index contributed by atoms with van der Waals surface area (Å²) in [5.41, 5.74) is 1.81. The van der Waals surface area contributed by atoms with Crippen LogP contribution in [0.15, 0.2) is 24.3 Å². The molecule has 1 aromatic carbocycles. The van der Waals surface area contributed by atoms with E-state index in [1.807, 2.05) is 43.0 Å². The van der Waals surface area contributed by atoms with Crippen LogP contribution in [-0.4, -0.2) is 68.2 Å². The molecule has 1 amide bonds. The van der Waals surface area contributed by atoms with Crippen molar-refractivity contribution in [1.82, 2.24) is 9.80 Å². The van der Waals surface area contributed by atoms with E-state index >= 15 is 0 Å². The molecule has 0 radical (unpaired) electrons. The van der Waals surface area contributed by atoms with Crippen LogP contribution in [0.4, 0.5) is 5.69 Å². The van der Waals surface area contributed by atoms with Crippen LogP contribution in [0.2, 0.25) is 0 Å². The highest BCUT2D eigenvalue weighted by Gasteiger charge is 2.12. The topological polar surface area (TPSA) is 44.8 Å². The van der Waals surface area contributed by atoms with Gasteiger partial charge < -0.3 is 15.0 Å². The van der Waals surface area contributed by atoms with Crippen molar-refractivity contribution in [3.05, 3.63) is 29.8 Å². The Balaban J connectivity index is 1.80. The fraction of sp³-hybridized carbons (Fsp3) is 0.588. The van der Waals surface area contributed by atoms with E-state index < -0.39 is 0 Å². The van der Waals surface area contributed by atoms with Crippen molar-refractivity contribution in [3.8, 4) is 0 Å². The lowest BCUT2D eigenvalue weighted by Crippen LogP contribution is -2.39. The zero-order valence-corrected chi connectivity index (χ0v) is 13.7. The summed E-state index contributed by atoms with van der Waals surface area (Å²) in [5.74, 6) is 0.102. The lowest BCUT2D eigenvalue weighted by atomic mass is 10.2. The Morgan fingerprint density at radius 2 is 1.82 bits per heavy atom. The van der Waals surface area contributed by atoms with Gasteiger partial charge in [-0.05, 0) is 38.1 Å². The summed E-state index contributed by atoms with van der Waals surface area (Å²) in [4.78, 5) is 16.5. The minimum absolute atomic E-state index is 0.102. The average molecular weight is 305 g/mol. The van der Waals surface area contributed by atoms with Crippen molar-refractivity contribution in [2.24, 2.45) is 0 Å². The van der Waals surface area contributed by atoms with Crippen molar-refractivity contribution in [3.63, 3.8) is 0 Å². The quantitative estimate of drug-likeness (QED) is 0.836. The van der Waals surface area contributed by atoms with Gasteiger partial charge in [0.15, 0.2) is 0 Å². The summed E-state index contributed by atoms with van der Waals surface area (Å²) in [6.45, 7) is 11.1. The number of nitrogens with one attached hydrogen (secondary N) is 1. The molecule has 2 rings (SSSR count). The smallest absolute Gasteiger partial charge is 0.253 e. The van der Waals surface area contributed by atoms with E-state index in [4.69, 9.17) is 4.74 Å². The van der Waals surface area contributed by atoms with Crippen LogP contribution in [-0.2, 0) is 4.74 Å². The summed E-state index contributed by atoms with van der Waals surface area (Å²) in [5, 5.41) is 3.41. The fourth-order valence-corrected chi connectivity index (χ4v) is 2.61. The molecular weight excluding hydrogens is 278 g/mol. The van der Waals surface area contributed by atoms with Crippen LogP contribution in [0, 0.1) is 0 Å². The molecule has 122 valence electrons. The fourth-order valence-electron chi connectivity index (χ4n) is 2.61. The third-order valence-electron chi connectivity index (χ3n) is 4.04. The van der Waals surface area contributed by atoms with Crippen molar-refractivity contribution < 1.29 is 9.53 Å². The second-order valence-electron chi connectivity index (χ2n) is 5.44. The maximum atomic E-state index is 12.2. The summed E-state index contributed by atoms with van der Waals surface area (Å²) in [7, 11) is 0. The van der Waals surface area contributed by atoms with E-state index in [0.29, 0.717) is 0 Å². The number of nitrogens with zero attached hydrogens (tertiary/aromatic N) is 2. The molecule has 22 heavy (non-hydrogen) atoms. The van der Waals surface area contributed by atoms with Gasteiger partial charge in [0.05, 0.1) is 13.2 Å². The van der Waals surface area contributed by atoms with Gasteiger partial charge >= 0.3 is 0 Å². The van der Waals surface area contributed by atoms with E-state index in [0.717, 1.165) is 63.7 Å². The summed E-state index contributed by atoms with van der Waals surface area (Å²) >= 11 is 0. The molecule has 5 nitrogen and oxygen atoms in total. The van der Waals surface area contributed by atoms with Gasteiger partial charge in [0, 0.05) is 50.5 Å². The molecule has 0 spiro atoms. The Hall–Kier alpha value is -1.59. The Morgan fingerprint density at radius 1 is 1.18 bits per heavy atom. The number of morpholine rings is 1. The molecule has 0 bridgehead atoms. The van der Waals surface area contributed by atoms with Crippen molar-refractivity contribution in [2.45, 2.75) is 13.8 Å². The van der Waals surface area contributed by atoms with Gasteiger partial charge in [-0.15, -0.1) is 0 Å². The zero-order valence-electron chi connectivity index (χ0n) is 13.7. The van der Waals surface area contributed by atoms with Gasteiger partial charge in [-0.1, -0.05) is 0 Å². The Bertz CT molecular complexity index is 451. The Morgan fingerprint density at radius 3 is 2.41 bits per heavy atom. The van der Waals surface area contributed by atoms with Gasteiger partial charge in [-0.25, -0.2) is 0 Å². The molecule has 0 unspecified atom stereocenters. The molecular formula is C17H27N3O2. The predicted octanol–water partition coefficient (Wildman–Crippen LogP) is 1.91. The van der Waals surface area contributed by atoms with E-state index in [1.54, 1.807) is 0 Å². The van der Waals surface area contributed by atoms with Crippen LogP contribution in [0.25, 0.3) is 0 Å². The third-order valence-corrected chi connectivity index (χ3v) is 4.04. The predicted molar refractivity (Wildman–Crippen MR) is 89.4 cm³/mol. The van der Waals surface area contributed by atoms with E-state index in [9.17, 15) is 4.79 Å². The second-order valence-corrected chi connectivity index (χ2v) is 5.44. The molecule has 0 atom stereocenters. The maximum Gasteiger partial charge on any atom is 0.253 e. The van der Waals surface area contributed by atoms with E-state index in [2.05, 4.69) is 10.2 Å². The van der Waals surface area contributed by atoms with Crippen molar-refractivity contribution >= 4 is 11.6 Å². The highest BCUT2D eigenvalue weighted by Crippen LogP contribution is 2.11. The number of benzene rings is 1. The lowest BCUT2D eigenvalue weighted by Gasteiger charge is -2.26. The average Bonchev–Trinajstić information content (AvgIpc) is 2.57. The zero-order chi connectivity index (χ0) is 15.8. The number of anilines is 1. The Kier molecular flexibility index (Phi) is 6.68. The number of carbonyl (C=O) groups excluding carboxylic acids is 1. The normalized spacial score (nSPS) is 15.5. The first kappa shape index (κ1) is 16.8. The minimum Gasteiger partial charge on any atom is -0.384 e. The lowest BCUT2D eigenvalue weighted by molar-refractivity contribution is 0.0398. The van der Waals surface area contributed by atoms with Gasteiger partial charge in [0.25, 0.3) is 5.91 Å². The molecule has 0 aliphatic carbocycles. The molecule has 1 aliphatic heterocycles. The molecule has 0 saturated carbocycles. The largest absolute Gasteiger partial charge is 0.384 e. The highest BCUT2D eigenvalue weighted by molar-refractivity contribution is 5.94. The van der Waals surface area contributed by atoms with E-state index in [1.165, 1.54) is 0 Å². The minimum atomic E-state index is 0.102. The number of hydrogen-bond donors (Lipinski definition) is 1. The number of hydrogen-bond acceptors (Lipinski definition) is 4. The van der Waals surface area contributed by atoms with Gasteiger partial charge in [0.1, 0.15) is 0 Å². The van der Waals surface area contributed by atoms with Crippen LogP contribution >= 0.6 is 0 Å². The highest BCUT2D eigenvalue weighted by atomic mass is 16.5. The first-order valence-electron chi connectivity index (χ1n) is 8.18. The standard InChI is InChI=1S/C17H27N3O2/c1-3-20(4-2)17(21)15-5-7-16(8-6-15)18-9-10-19-11-13-22-14-12-19/h5-8,18H,3-4,9-14H2,1-2H3. The van der Waals surface area contributed by atoms with Crippen LogP contribution in [0.3, 0.4) is 0 Å². The molecule has 1 heterocycles. The van der Waals surface area contributed by atoms with Crippen molar-refractivity contribution in [2.75, 3.05) is 57.8 Å². The Labute approximate surface area is 133 Å². The monoisotopic (exact) mass is 305 g/mol. The molecule has 1 saturated heterocycles. The number of carbonyl (C=O) groups is 1. The number of amides is 1. The molecule has 1 aromatic rings. The summed E-state index contributed by atoms with van der Waals surface area (Å²) < 4.78 is 5.34.